The molecule has 0 spiro atoms. The van der Waals surface area contributed by atoms with E-state index in [0.717, 1.165) is 5.56 Å². The highest BCUT2D eigenvalue weighted by Gasteiger charge is 2.18. The van der Waals surface area contributed by atoms with E-state index in [1.165, 1.54) is 12.1 Å². The number of hydrogen-bond donors (Lipinski definition) is 1. The first-order valence-electron chi connectivity index (χ1n) is 7.93. The molecule has 0 atom stereocenters. The van der Waals surface area contributed by atoms with Crippen LogP contribution in [0, 0.1) is 0 Å². The second kappa shape index (κ2) is 8.12. The van der Waals surface area contributed by atoms with Crippen molar-refractivity contribution in [2.24, 2.45) is 0 Å². The Kier molecular flexibility index (Phi) is 5.81. The van der Waals surface area contributed by atoms with Crippen molar-refractivity contribution in [3.63, 3.8) is 0 Å². The second-order valence-electron chi connectivity index (χ2n) is 5.77. The highest BCUT2D eigenvalue weighted by molar-refractivity contribution is 6.36. The summed E-state index contributed by atoms with van der Waals surface area (Å²) < 4.78 is 31.6. The molecule has 0 aliphatic rings. The summed E-state index contributed by atoms with van der Waals surface area (Å²) in [5.41, 5.74) is -1.75. The van der Waals surface area contributed by atoms with Gasteiger partial charge in [0.15, 0.2) is 5.69 Å². The topological polar surface area (TPSA) is 77.0 Å². The van der Waals surface area contributed by atoms with E-state index in [9.17, 15) is 18.4 Å². The molecule has 2 aromatic carbocycles. The number of rotatable bonds is 5. The maximum Gasteiger partial charge on any atom is 0.349 e. The first-order chi connectivity index (χ1) is 13.3. The van der Waals surface area contributed by atoms with E-state index in [1.807, 2.05) is 12.1 Å². The monoisotopic (exact) mass is 427 g/mol. The van der Waals surface area contributed by atoms with Crippen LogP contribution in [0.25, 0.3) is 5.69 Å². The van der Waals surface area contributed by atoms with Gasteiger partial charge in [0.2, 0.25) is 0 Å². The molecular weight excluding hydrogens is 415 g/mol. The third-order valence-electron chi connectivity index (χ3n) is 3.97. The summed E-state index contributed by atoms with van der Waals surface area (Å²) in [6, 6.07) is 10.0. The molecule has 1 heterocycles. The Morgan fingerprint density at radius 3 is 2.29 bits per heavy atom. The average Bonchev–Trinajstić information content (AvgIpc) is 2.64. The maximum absolute atomic E-state index is 12.9. The molecule has 0 aliphatic carbocycles. The number of H-pyrrole nitrogens is 1. The lowest BCUT2D eigenvalue weighted by molar-refractivity contribution is 0.141. The number of benzene rings is 2. The van der Waals surface area contributed by atoms with E-state index in [-0.39, 0.29) is 15.7 Å². The molecule has 28 heavy (non-hydrogen) atoms. The summed E-state index contributed by atoms with van der Waals surface area (Å²) >= 11 is 12.6. The predicted octanol–water partition coefficient (Wildman–Crippen LogP) is 3.76. The van der Waals surface area contributed by atoms with Crippen LogP contribution in [0.4, 0.5) is 8.78 Å². The first kappa shape index (κ1) is 20.0. The number of ether oxygens (including phenoxy) is 1. The fourth-order valence-corrected chi connectivity index (χ4v) is 3.17. The summed E-state index contributed by atoms with van der Waals surface area (Å²) in [5.74, 6) is 0.703. The number of aromatic amines is 1. The van der Waals surface area contributed by atoms with E-state index in [0.29, 0.717) is 22.4 Å². The lowest BCUT2D eigenvalue weighted by Gasteiger charge is -2.12. The van der Waals surface area contributed by atoms with Crippen molar-refractivity contribution < 1.29 is 13.5 Å². The van der Waals surface area contributed by atoms with Crippen molar-refractivity contribution in [2.45, 2.75) is 12.8 Å². The highest BCUT2D eigenvalue weighted by atomic mass is 35.5. The standard InChI is InChI=1S/C18H13Cl2F2N3O3/c1-28-11-4-2-9(3-5-11)6-12-13(19)7-10(8-14(12)20)25-18(27)23-17(26)15(24-25)16(21)22/h2-5,7-8,16H,6H2,1H3,(H,23,26,27). The van der Waals surface area contributed by atoms with E-state index >= 15 is 0 Å². The van der Waals surface area contributed by atoms with Gasteiger partial charge >= 0.3 is 5.69 Å². The van der Waals surface area contributed by atoms with Gasteiger partial charge in [-0.3, -0.25) is 9.78 Å². The maximum atomic E-state index is 12.9. The van der Waals surface area contributed by atoms with Gasteiger partial charge in [-0.25, -0.2) is 13.6 Å². The lowest BCUT2D eigenvalue weighted by atomic mass is 10.0. The molecular formula is C18H13Cl2F2N3O3. The Labute approximate surface area is 167 Å². The van der Waals surface area contributed by atoms with Crippen LogP contribution in [0.15, 0.2) is 46.0 Å². The average molecular weight is 428 g/mol. The van der Waals surface area contributed by atoms with Gasteiger partial charge in [0.25, 0.3) is 12.0 Å². The zero-order chi connectivity index (χ0) is 20.4. The van der Waals surface area contributed by atoms with Crippen LogP contribution in [0.5, 0.6) is 5.75 Å². The highest BCUT2D eigenvalue weighted by Crippen LogP contribution is 2.30. The van der Waals surface area contributed by atoms with E-state index < -0.39 is 23.4 Å². The van der Waals surface area contributed by atoms with Crippen LogP contribution in [0.3, 0.4) is 0 Å². The van der Waals surface area contributed by atoms with Gasteiger partial charge in [-0.05, 0) is 35.4 Å². The Balaban J connectivity index is 2.01. The second-order valence-corrected chi connectivity index (χ2v) is 6.58. The zero-order valence-electron chi connectivity index (χ0n) is 14.4. The number of hydrogen-bond acceptors (Lipinski definition) is 4. The smallest absolute Gasteiger partial charge is 0.349 e. The lowest BCUT2D eigenvalue weighted by Crippen LogP contribution is -2.34. The normalized spacial score (nSPS) is 11.1. The van der Waals surface area contributed by atoms with Crippen LogP contribution in [-0.4, -0.2) is 21.9 Å². The molecule has 1 aromatic heterocycles. The number of alkyl halides is 2. The minimum absolute atomic E-state index is 0.0524. The van der Waals surface area contributed by atoms with E-state index in [4.69, 9.17) is 27.9 Å². The molecule has 0 fully saturated rings. The molecule has 0 amide bonds. The fraction of sp³-hybridized carbons (Fsp3) is 0.167. The number of nitrogens with zero attached hydrogens (tertiary/aromatic N) is 2. The van der Waals surface area contributed by atoms with Gasteiger partial charge in [-0.1, -0.05) is 35.3 Å². The Morgan fingerprint density at radius 2 is 1.75 bits per heavy atom. The van der Waals surface area contributed by atoms with Gasteiger partial charge in [0, 0.05) is 16.5 Å². The molecule has 0 radical (unpaired) electrons. The van der Waals surface area contributed by atoms with Crippen LogP contribution in [-0.2, 0) is 6.42 Å². The molecule has 1 N–H and O–H groups in total. The van der Waals surface area contributed by atoms with Gasteiger partial charge in [-0.15, -0.1) is 0 Å². The molecule has 0 unspecified atom stereocenters. The molecule has 0 bridgehead atoms. The molecule has 0 saturated carbocycles. The fourth-order valence-electron chi connectivity index (χ4n) is 2.56. The van der Waals surface area contributed by atoms with E-state index in [1.54, 1.807) is 24.2 Å². The molecule has 10 heteroatoms. The minimum atomic E-state index is -3.14. The SMILES string of the molecule is COc1ccc(Cc2c(Cl)cc(-n3nc(C(F)F)c(=O)[nH]c3=O)cc2Cl)cc1. The Hall–Kier alpha value is -2.71. The van der Waals surface area contributed by atoms with Crippen molar-refractivity contribution >= 4 is 23.2 Å². The predicted molar refractivity (Wildman–Crippen MR) is 101 cm³/mol. The summed E-state index contributed by atoms with van der Waals surface area (Å²) in [6.07, 6.45) is -2.74. The van der Waals surface area contributed by atoms with Gasteiger partial charge in [0.1, 0.15) is 5.75 Å². The number of halogens is 4. The molecule has 0 aliphatic heterocycles. The largest absolute Gasteiger partial charge is 0.497 e. The van der Waals surface area contributed by atoms with Crippen molar-refractivity contribution in [3.05, 3.63) is 84.1 Å². The number of methoxy groups -OCH3 is 1. The van der Waals surface area contributed by atoms with Crippen molar-refractivity contribution in [3.8, 4) is 11.4 Å². The molecule has 146 valence electrons. The Morgan fingerprint density at radius 1 is 1.14 bits per heavy atom. The van der Waals surface area contributed by atoms with Gasteiger partial charge in [0.05, 0.1) is 12.8 Å². The molecule has 6 nitrogen and oxygen atoms in total. The summed E-state index contributed by atoms with van der Waals surface area (Å²) in [6.45, 7) is 0. The van der Waals surface area contributed by atoms with Crippen molar-refractivity contribution in [1.29, 1.82) is 0 Å². The van der Waals surface area contributed by atoms with Crippen LogP contribution < -0.4 is 16.0 Å². The van der Waals surface area contributed by atoms with Gasteiger partial charge < -0.3 is 4.74 Å². The third kappa shape index (κ3) is 4.07. The molecule has 0 saturated heterocycles. The molecule has 3 rings (SSSR count). The zero-order valence-corrected chi connectivity index (χ0v) is 15.9. The summed E-state index contributed by atoms with van der Waals surface area (Å²) in [5, 5.41) is 3.87. The number of aromatic nitrogens is 3. The van der Waals surface area contributed by atoms with E-state index in [2.05, 4.69) is 5.10 Å². The first-order valence-corrected chi connectivity index (χ1v) is 8.68. The number of nitrogens with one attached hydrogen (secondary N) is 1. The summed E-state index contributed by atoms with van der Waals surface area (Å²) in [7, 11) is 1.56. The van der Waals surface area contributed by atoms with Gasteiger partial charge in [-0.2, -0.15) is 9.78 Å². The quantitative estimate of drug-likeness (QED) is 0.672. The summed E-state index contributed by atoms with van der Waals surface area (Å²) in [4.78, 5) is 25.2. The molecule has 3 aromatic rings. The Bertz CT molecular complexity index is 1110. The minimum Gasteiger partial charge on any atom is -0.497 e. The van der Waals surface area contributed by atoms with Crippen LogP contribution >= 0.6 is 23.2 Å². The van der Waals surface area contributed by atoms with Crippen LogP contribution in [0.1, 0.15) is 23.2 Å². The van der Waals surface area contributed by atoms with Crippen molar-refractivity contribution in [2.75, 3.05) is 7.11 Å². The van der Waals surface area contributed by atoms with Crippen molar-refractivity contribution in [1.82, 2.24) is 14.8 Å². The third-order valence-corrected chi connectivity index (χ3v) is 4.64. The van der Waals surface area contributed by atoms with Crippen LogP contribution in [0.2, 0.25) is 10.0 Å².